The van der Waals surface area contributed by atoms with Crippen LogP contribution in [0.2, 0.25) is 0 Å². The molecule has 0 bridgehead atoms. The highest BCUT2D eigenvalue weighted by Gasteiger charge is 2.20. The summed E-state index contributed by atoms with van der Waals surface area (Å²) in [6.07, 6.45) is 14.5. The van der Waals surface area contributed by atoms with Gasteiger partial charge in [-0.15, -0.1) is 0 Å². The van der Waals surface area contributed by atoms with Gasteiger partial charge < -0.3 is 25.7 Å². The van der Waals surface area contributed by atoms with Gasteiger partial charge in [0.1, 0.15) is 4.90 Å². The Bertz CT molecular complexity index is 1210. The highest BCUT2D eigenvalue weighted by molar-refractivity contribution is 7.86. The molecule has 0 saturated heterocycles. The van der Waals surface area contributed by atoms with E-state index in [9.17, 15) is 18.6 Å². The van der Waals surface area contributed by atoms with Gasteiger partial charge in [-0.25, -0.2) is 0 Å². The predicted molar refractivity (Wildman–Crippen MR) is 174 cm³/mol. The number of benzene rings is 1. The summed E-state index contributed by atoms with van der Waals surface area (Å²) >= 11 is 0. The van der Waals surface area contributed by atoms with Crippen molar-refractivity contribution in [2.45, 2.75) is 109 Å². The molecule has 2 rings (SSSR count). The van der Waals surface area contributed by atoms with E-state index in [2.05, 4.69) is 32.5 Å². The second kappa shape index (κ2) is 19.5. The topological polar surface area (TPSA) is 150 Å². The van der Waals surface area contributed by atoms with Crippen LogP contribution in [0.25, 0.3) is 6.08 Å². The Kier molecular flexibility index (Phi) is 16.5. The molecule has 0 aliphatic carbocycles. The summed E-state index contributed by atoms with van der Waals surface area (Å²) in [7, 11) is -2.85. The summed E-state index contributed by atoms with van der Waals surface area (Å²) in [4.78, 5) is 15.4. The normalized spacial score (nSPS) is 13.3. The van der Waals surface area contributed by atoms with Crippen LogP contribution in [-0.2, 0) is 14.3 Å². The predicted octanol–water partition coefficient (Wildman–Crippen LogP) is 5.88. The van der Waals surface area contributed by atoms with E-state index in [-0.39, 0.29) is 29.9 Å². The number of aliphatic hydroxyl groups excluding tert-OH is 2. The van der Waals surface area contributed by atoms with E-state index in [4.69, 9.17) is 4.18 Å². The number of hydrogen-bond acceptors (Lipinski definition) is 11. The molecule has 0 amide bonds. The van der Waals surface area contributed by atoms with E-state index in [1.165, 1.54) is 57.4 Å². The molecule has 0 saturated carbocycles. The minimum atomic E-state index is -3.97. The zero-order chi connectivity index (χ0) is 31.7. The Morgan fingerprint density at radius 1 is 0.907 bits per heavy atom. The number of aromatic nitrogens is 3. The average Bonchev–Trinajstić information content (AvgIpc) is 2.96. The minimum absolute atomic E-state index is 0.0107. The van der Waals surface area contributed by atoms with Gasteiger partial charge in [0, 0.05) is 25.3 Å². The minimum Gasteiger partial charge on any atom is -0.392 e. The molecule has 1 aromatic heterocycles. The van der Waals surface area contributed by atoms with Crippen molar-refractivity contribution < 1.29 is 22.8 Å². The van der Waals surface area contributed by atoms with Crippen LogP contribution in [-0.4, -0.2) is 72.5 Å². The number of anilines is 4. The summed E-state index contributed by atoms with van der Waals surface area (Å²) in [6, 6.07) is 4.87. The molecule has 242 valence electrons. The largest absolute Gasteiger partial charge is 0.392 e. The van der Waals surface area contributed by atoms with Gasteiger partial charge in [-0.05, 0) is 44.9 Å². The third-order valence-corrected chi connectivity index (χ3v) is 8.12. The van der Waals surface area contributed by atoms with Crippen LogP contribution in [0, 0.1) is 0 Å². The maximum Gasteiger partial charge on any atom is 0.297 e. The van der Waals surface area contributed by atoms with Gasteiger partial charge in [0.2, 0.25) is 17.8 Å². The molecule has 2 aromatic rings. The molecule has 0 spiro atoms. The number of hydrogen-bond donors (Lipinski definition) is 4. The van der Waals surface area contributed by atoms with Crippen molar-refractivity contribution in [2.24, 2.45) is 0 Å². The molecule has 2 atom stereocenters. The van der Waals surface area contributed by atoms with Crippen molar-refractivity contribution in [1.82, 2.24) is 15.0 Å². The maximum absolute atomic E-state index is 12.6. The summed E-state index contributed by atoms with van der Waals surface area (Å²) in [5.74, 6) is 0.816. The van der Waals surface area contributed by atoms with Crippen molar-refractivity contribution in [2.75, 3.05) is 42.3 Å². The zero-order valence-corrected chi connectivity index (χ0v) is 27.4. The second-order valence-corrected chi connectivity index (χ2v) is 12.7. The van der Waals surface area contributed by atoms with Crippen LogP contribution in [0.5, 0.6) is 0 Å². The lowest BCUT2D eigenvalue weighted by atomic mass is 10.1. The van der Waals surface area contributed by atoms with Crippen molar-refractivity contribution in [3.63, 3.8) is 0 Å². The quantitative estimate of drug-likeness (QED) is 0.0922. The van der Waals surface area contributed by atoms with E-state index in [1.54, 1.807) is 50.0 Å². The Hall–Kier alpha value is -2.80. The van der Waals surface area contributed by atoms with Crippen molar-refractivity contribution >= 4 is 39.7 Å². The fourth-order valence-corrected chi connectivity index (χ4v) is 5.57. The lowest BCUT2D eigenvalue weighted by Gasteiger charge is -2.26. The van der Waals surface area contributed by atoms with Crippen LogP contribution in [0.3, 0.4) is 0 Å². The molecule has 2 unspecified atom stereocenters. The zero-order valence-electron chi connectivity index (χ0n) is 26.6. The van der Waals surface area contributed by atoms with Gasteiger partial charge in [-0.2, -0.15) is 23.4 Å². The van der Waals surface area contributed by atoms with Gasteiger partial charge >= 0.3 is 0 Å². The third kappa shape index (κ3) is 13.6. The van der Waals surface area contributed by atoms with E-state index in [0.29, 0.717) is 23.7 Å². The Labute approximate surface area is 258 Å². The Morgan fingerprint density at radius 3 is 2.05 bits per heavy atom. The van der Waals surface area contributed by atoms with Gasteiger partial charge in [-0.1, -0.05) is 82.9 Å². The Balaban J connectivity index is 2.21. The first-order chi connectivity index (χ1) is 20.6. The van der Waals surface area contributed by atoms with Crippen molar-refractivity contribution in [1.29, 1.82) is 0 Å². The van der Waals surface area contributed by atoms with E-state index >= 15 is 0 Å². The molecule has 11 nitrogen and oxygen atoms in total. The van der Waals surface area contributed by atoms with Crippen LogP contribution >= 0.6 is 0 Å². The summed E-state index contributed by atoms with van der Waals surface area (Å²) in [6.45, 7) is 8.45. The summed E-state index contributed by atoms with van der Waals surface area (Å²) in [5.41, 5.74) is 0.935. The molecule has 0 fully saturated rings. The third-order valence-electron chi connectivity index (χ3n) is 6.79. The number of rotatable bonds is 22. The molecule has 0 aliphatic heterocycles. The van der Waals surface area contributed by atoms with Crippen LogP contribution in [0.4, 0.5) is 23.5 Å². The molecule has 1 heterocycles. The maximum atomic E-state index is 12.6. The van der Waals surface area contributed by atoms with E-state index in [1.807, 2.05) is 0 Å². The number of unbranched alkanes of at least 4 members (excludes halogenated alkanes) is 9. The molecular weight excluding hydrogens is 568 g/mol. The molecular formula is C31H52N6O5S. The fourth-order valence-electron chi connectivity index (χ4n) is 4.69. The first-order valence-corrected chi connectivity index (χ1v) is 17.0. The molecule has 12 heteroatoms. The standard InChI is InChI=1S/C31H52N6O5S/c1-6-8-9-10-11-12-13-14-15-16-20-32-29-34-30(36-31(35-29)37(22-24(3)38)23-25(4)39)33-27-19-18-26(17-7-2)28(21-27)43(40,41)42-5/h7,17-19,21,24-25,38-39H,6,8-16,20,22-23H2,1-5H3,(H2,32,33,34,35,36). The van der Waals surface area contributed by atoms with Crippen molar-refractivity contribution in [3.05, 3.63) is 29.8 Å². The van der Waals surface area contributed by atoms with Crippen LogP contribution in [0.1, 0.15) is 97.5 Å². The van der Waals surface area contributed by atoms with Gasteiger partial charge in [0.25, 0.3) is 10.1 Å². The van der Waals surface area contributed by atoms with Gasteiger partial charge in [0.15, 0.2) is 0 Å². The molecule has 4 N–H and O–H groups in total. The van der Waals surface area contributed by atoms with E-state index in [0.717, 1.165) is 20.0 Å². The molecule has 1 aromatic carbocycles. The Morgan fingerprint density at radius 2 is 1.49 bits per heavy atom. The first-order valence-electron chi connectivity index (χ1n) is 15.5. The lowest BCUT2D eigenvalue weighted by Crippen LogP contribution is -2.37. The fraction of sp³-hybridized carbons (Fsp3) is 0.645. The highest BCUT2D eigenvalue weighted by Crippen LogP contribution is 2.26. The average molecular weight is 621 g/mol. The molecule has 0 aliphatic rings. The number of aliphatic hydroxyl groups is 2. The highest BCUT2D eigenvalue weighted by atomic mass is 32.2. The van der Waals surface area contributed by atoms with Crippen molar-refractivity contribution in [3.8, 4) is 0 Å². The van der Waals surface area contributed by atoms with Crippen LogP contribution < -0.4 is 15.5 Å². The number of nitrogens with zero attached hydrogens (tertiary/aromatic N) is 4. The molecule has 0 radical (unpaired) electrons. The number of allylic oxidation sites excluding steroid dienone is 1. The SMILES string of the molecule is CC=Cc1ccc(Nc2nc(NCCCCCCCCCCCC)nc(N(CC(C)O)CC(C)O)n2)cc1S(=O)(=O)OC. The smallest absolute Gasteiger partial charge is 0.297 e. The van der Waals surface area contributed by atoms with E-state index < -0.39 is 22.3 Å². The lowest BCUT2D eigenvalue weighted by molar-refractivity contribution is 0.177. The molecule has 43 heavy (non-hydrogen) atoms. The first kappa shape index (κ1) is 36.4. The second-order valence-electron chi connectivity index (χ2n) is 11.0. The van der Waals surface area contributed by atoms with Gasteiger partial charge in [0.05, 0.1) is 19.3 Å². The van der Waals surface area contributed by atoms with Crippen LogP contribution in [0.15, 0.2) is 29.2 Å². The summed E-state index contributed by atoms with van der Waals surface area (Å²) < 4.78 is 30.0. The monoisotopic (exact) mass is 620 g/mol. The number of nitrogens with one attached hydrogen (secondary N) is 2. The van der Waals surface area contributed by atoms with Gasteiger partial charge in [-0.3, -0.25) is 4.18 Å². The summed E-state index contributed by atoms with van der Waals surface area (Å²) in [5, 5.41) is 26.6.